The van der Waals surface area contributed by atoms with E-state index in [2.05, 4.69) is 5.32 Å². The number of carbonyl (C=O) groups excluding carboxylic acids is 1. The summed E-state index contributed by atoms with van der Waals surface area (Å²) in [5.41, 5.74) is 6.16. The first-order valence-electron chi connectivity index (χ1n) is 5.57. The van der Waals surface area contributed by atoms with Crippen molar-refractivity contribution < 1.29 is 14.7 Å². The van der Waals surface area contributed by atoms with Gasteiger partial charge in [0, 0.05) is 17.3 Å². The number of benzene rings is 1. The standard InChI is InChI=1S/C12H15ClN2O3S/c13-9-4-2-1-3-8(9)5-15-11(16)7-19-6-10(14)12(17)18/h1-4,10H,5-7,14H2,(H,15,16)(H,17,18). The van der Waals surface area contributed by atoms with Crippen molar-refractivity contribution in [3.63, 3.8) is 0 Å². The molecule has 4 N–H and O–H groups in total. The fourth-order valence-corrected chi connectivity index (χ4v) is 2.24. The summed E-state index contributed by atoms with van der Waals surface area (Å²) in [5, 5.41) is 11.9. The van der Waals surface area contributed by atoms with Gasteiger partial charge in [-0.1, -0.05) is 29.8 Å². The minimum Gasteiger partial charge on any atom is -0.480 e. The van der Waals surface area contributed by atoms with Crippen LogP contribution in [0.5, 0.6) is 0 Å². The Balaban J connectivity index is 2.25. The highest BCUT2D eigenvalue weighted by Crippen LogP contribution is 2.14. The van der Waals surface area contributed by atoms with E-state index in [1.54, 1.807) is 6.07 Å². The molecule has 1 unspecified atom stereocenters. The first-order valence-corrected chi connectivity index (χ1v) is 7.10. The van der Waals surface area contributed by atoms with Crippen LogP contribution in [-0.4, -0.2) is 34.5 Å². The molecule has 0 aliphatic rings. The molecule has 5 nitrogen and oxygen atoms in total. The molecule has 1 rings (SSSR count). The fourth-order valence-electron chi connectivity index (χ4n) is 1.24. The number of halogens is 1. The van der Waals surface area contributed by atoms with Crippen molar-refractivity contribution in [2.75, 3.05) is 11.5 Å². The lowest BCUT2D eigenvalue weighted by molar-refractivity contribution is -0.138. The van der Waals surface area contributed by atoms with Crippen LogP contribution in [0.15, 0.2) is 24.3 Å². The molecule has 0 heterocycles. The highest BCUT2D eigenvalue weighted by Gasteiger charge is 2.12. The van der Waals surface area contributed by atoms with Gasteiger partial charge in [-0.2, -0.15) is 0 Å². The van der Waals surface area contributed by atoms with E-state index in [1.165, 1.54) is 11.8 Å². The third-order valence-electron chi connectivity index (χ3n) is 2.28. The van der Waals surface area contributed by atoms with E-state index in [1.807, 2.05) is 18.2 Å². The number of rotatable bonds is 7. The topological polar surface area (TPSA) is 92.4 Å². The molecular weight excluding hydrogens is 288 g/mol. The molecule has 104 valence electrons. The largest absolute Gasteiger partial charge is 0.480 e. The second-order valence-corrected chi connectivity index (χ2v) is 5.27. The van der Waals surface area contributed by atoms with Gasteiger partial charge in [0.15, 0.2) is 0 Å². The Morgan fingerprint density at radius 2 is 2.11 bits per heavy atom. The van der Waals surface area contributed by atoms with Gasteiger partial charge in [-0.15, -0.1) is 11.8 Å². The number of nitrogens with one attached hydrogen (secondary N) is 1. The first-order chi connectivity index (χ1) is 9.00. The van der Waals surface area contributed by atoms with Crippen LogP contribution in [0.25, 0.3) is 0 Å². The summed E-state index contributed by atoms with van der Waals surface area (Å²) in [6.07, 6.45) is 0. The average Bonchev–Trinajstić information content (AvgIpc) is 2.37. The van der Waals surface area contributed by atoms with E-state index in [-0.39, 0.29) is 17.4 Å². The van der Waals surface area contributed by atoms with Crippen LogP contribution in [0.2, 0.25) is 5.02 Å². The van der Waals surface area contributed by atoms with Crippen LogP contribution in [0.4, 0.5) is 0 Å². The Kier molecular flexibility index (Phi) is 6.69. The lowest BCUT2D eigenvalue weighted by Crippen LogP contribution is -2.33. The lowest BCUT2D eigenvalue weighted by atomic mass is 10.2. The Labute approximate surface area is 120 Å². The van der Waals surface area contributed by atoms with Crippen LogP contribution in [0, 0.1) is 0 Å². The molecule has 7 heteroatoms. The molecule has 0 aromatic heterocycles. The highest BCUT2D eigenvalue weighted by atomic mass is 35.5. The molecule has 0 spiro atoms. The van der Waals surface area contributed by atoms with Gasteiger partial charge in [0.1, 0.15) is 6.04 Å². The van der Waals surface area contributed by atoms with Crippen LogP contribution < -0.4 is 11.1 Å². The number of aliphatic carboxylic acids is 1. The molecule has 0 saturated heterocycles. The van der Waals surface area contributed by atoms with Crippen molar-refractivity contribution >= 4 is 35.2 Å². The average molecular weight is 303 g/mol. The molecule has 0 aliphatic carbocycles. The smallest absolute Gasteiger partial charge is 0.321 e. The Morgan fingerprint density at radius 3 is 2.74 bits per heavy atom. The van der Waals surface area contributed by atoms with Gasteiger partial charge in [0.25, 0.3) is 0 Å². The molecule has 1 aromatic carbocycles. The predicted molar refractivity (Wildman–Crippen MR) is 76.2 cm³/mol. The van der Waals surface area contributed by atoms with E-state index in [0.29, 0.717) is 11.6 Å². The number of thioether (sulfide) groups is 1. The van der Waals surface area contributed by atoms with Crippen molar-refractivity contribution in [2.45, 2.75) is 12.6 Å². The SMILES string of the molecule is NC(CSCC(=O)NCc1ccccc1Cl)C(=O)O. The van der Waals surface area contributed by atoms with Gasteiger partial charge in [-0.05, 0) is 11.6 Å². The quantitative estimate of drug-likeness (QED) is 0.701. The monoisotopic (exact) mass is 302 g/mol. The summed E-state index contributed by atoms with van der Waals surface area (Å²) in [6.45, 7) is 0.351. The van der Waals surface area contributed by atoms with Crippen LogP contribution in [0.3, 0.4) is 0 Å². The van der Waals surface area contributed by atoms with Crippen molar-refractivity contribution in [3.8, 4) is 0 Å². The van der Waals surface area contributed by atoms with Gasteiger partial charge >= 0.3 is 5.97 Å². The Bertz CT molecular complexity index is 456. The molecule has 0 radical (unpaired) electrons. The van der Waals surface area contributed by atoms with Crippen molar-refractivity contribution in [1.29, 1.82) is 0 Å². The molecule has 1 aromatic rings. The molecule has 1 amide bonds. The minimum atomic E-state index is -1.07. The van der Waals surface area contributed by atoms with Crippen LogP contribution in [0.1, 0.15) is 5.56 Å². The predicted octanol–water partition coefficient (Wildman–Crippen LogP) is 1.10. The molecule has 0 saturated carbocycles. The first kappa shape index (κ1) is 15.8. The molecule has 19 heavy (non-hydrogen) atoms. The summed E-state index contributed by atoms with van der Waals surface area (Å²) in [5.74, 6) is -0.869. The Hall–Kier alpha value is -1.24. The number of hydrogen-bond donors (Lipinski definition) is 3. The lowest BCUT2D eigenvalue weighted by Gasteiger charge is -2.08. The van der Waals surface area contributed by atoms with Crippen LogP contribution >= 0.6 is 23.4 Å². The molecule has 0 bridgehead atoms. The molecular formula is C12H15ClN2O3S. The zero-order valence-corrected chi connectivity index (χ0v) is 11.7. The number of carboxylic acid groups (broad SMARTS) is 1. The van der Waals surface area contributed by atoms with E-state index in [4.69, 9.17) is 22.4 Å². The van der Waals surface area contributed by atoms with E-state index < -0.39 is 12.0 Å². The van der Waals surface area contributed by atoms with Crippen LogP contribution in [-0.2, 0) is 16.1 Å². The highest BCUT2D eigenvalue weighted by molar-refractivity contribution is 8.00. The number of nitrogens with two attached hydrogens (primary N) is 1. The summed E-state index contributed by atoms with van der Waals surface area (Å²) in [4.78, 5) is 22.0. The number of amides is 1. The normalized spacial score (nSPS) is 11.9. The van der Waals surface area contributed by atoms with Gasteiger partial charge in [-0.25, -0.2) is 0 Å². The Morgan fingerprint density at radius 1 is 1.42 bits per heavy atom. The maximum Gasteiger partial charge on any atom is 0.321 e. The zero-order valence-electron chi connectivity index (χ0n) is 10.1. The van der Waals surface area contributed by atoms with Crippen molar-refractivity contribution in [2.24, 2.45) is 5.73 Å². The fraction of sp³-hybridized carbons (Fsp3) is 0.333. The third kappa shape index (κ3) is 5.96. The second-order valence-electron chi connectivity index (χ2n) is 3.83. The maximum absolute atomic E-state index is 11.5. The van der Waals surface area contributed by atoms with Crippen molar-refractivity contribution in [3.05, 3.63) is 34.9 Å². The molecule has 0 fully saturated rings. The van der Waals surface area contributed by atoms with Gasteiger partial charge in [-0.3, -0.25) is 9.59 Å². The number of carboxylic acids is 1. The zero-order chi connectivity index (χ0) is 14.3. The minimum absolute atomic E-state index is 0.172. The third-order valence-corrected chi connectivity index (χ3v) is 3.71. The van der Waals surface area contributed by atoms with E-state index in [0.717, 1.165) is 5.56 Å². The summed E-state index contributed by atoms with van der Waals surface area (Å²) in [6, 6.07) is 6.30. The van der Waals surface area contributed by atoms with Gasteiger partial charge in [0.05, 0.1) is 5.75 Å². The van der Waals surface area contributed by atoms with E-state index >= 15 is 0 Å². The van der Waals surface area contributed by atoms with Gasteiger partial charge in [0.2, 0.25) is 5.91 Å². The van der Waals surface area contributed by atoms with Gasteiger partial charge < -0.3 is 16.2 Å². The van der Waals surface area contributed by atoms with Crippen molar-refractivity contribution in [1.82, 2.24) is 5.32 Å². The van der Waals surface area contributed by atoms with E-state index in [9.17, 15) is 9.59 Å². The summed E-state index contributed by atoms with van der Waals surface area (Å²) < 4.78 is 0. The number of hydrogen-bond acceptors (Lipinski definition) is 4. The molecule has 1 atom stereocenters. The second kappa shape index (κ2) is 8.04. The summed E-state index contributed by atoms with van der Waals surface area (Å²) >= 11 is 7.14. The number of carbonyl (C=O) groups is 2. The molecule has 0 aliphatic heterocycles. The maximum atomic E-state index is 11.5. The summed E-state index contributed by atoms with van der Waals surface area (Å²) in [7, 11) is 0.